The van der Waals surface area contributed by atoms with Crippen molar-refractivity contribution in [1.29, 1.82) is 0 Å². The van der Waals surface area contributed by atoms with E-state index in [4.69, 9.17) is 0 Å². The van der Waals surface area contributed by atoms with Crippen molar-refractivity contribution in [3.05, 3.63) is 28.7 Å². The molecule has 1 aromatic carbocycles. The number of likely N-dealkylation sites (tertiary alicyclic amines) is 1. The maximum Gasteiger partial charge on any atom is 0.344 e. The summed E-state index contributed by atoms with van der Waals surface area (Å²) in [7, 11) is -3.87. The standard InChI is InChI=1S/C12H12BrNO3S/c13-8-4-6-9(7-5-8)18(16,17)12(15)14-10-2-1-3-11(10)14/h4-7,10-11H,1-3H2. The van der Waals surface area contributed by atoms with Gasteiger partial charge in [-0.15, -0.1) is 0 Å². The van der Waals surface area contributed by atoms with Crippen molar-refractivity contribution in [2.75, 3.05) is 0 Å². The minimum atomic E-state index is -3.87. The monoisotopic (exact) mass is 329 g/mol. The van der Waals surface area contributed by atoms with Crippen LogP contribution in [0.1, 0.15) is 19.3 Å². The lowest BCUT2D eigenvalue weighted by atomic mass is 10.3. The van der Waals surface area contributed by atoms with E-state index >= 15 is 0 Å². The number of halogens is 1. The second-order valence-electron chi connectivity index (χ2n) is 4.70. The highest BCUT2D eigenvalue weighted by atomic mass is 79.9. The Kier molecular flexibility index (Phi) is 2.75. The van der Waals surface area contributed by atoms with Gasteiger partial charge in [0.05, 0.1) is 17.0 Å². The molecule has 1 aromatic rings. The highest BCUT2D eigenvalue weighted by molar-refractivity contribution is 9.10. The summed E-state index contributed by atoms with van der Waals surface area (Å²) in [4.78, 5) is 13.6. The van der Waals surface area contributed by atoms with Gasteiger partial charge in [-0.05, 0) is 43.5 Å². The number of hydrogen-bond acceptors (Lipinski definition) is 3. The molecule has 2 fully saturated rings. The summed E-state index contributed by atoms with van der Waals surface area (Å²) in [5.41, 5.74) is 0. The summed E-state index contributed by atoms with van der Waals surface area (Å²) < 4.78 is 25.1. The van der Waals surface area contributed by atoms with Crippen LogP contribution < -0.4 is 0 Å². The number of fused-ring (bicyclic) bond motifs is 1. The molecular formula is C12H12BrNO3S. The zero-order valence-corrected chi connectivity index (χ0v) is 11.9. The van der Waals surface area contributed by atoms with E-state index in [9.17, 15) is 13.2 Å². The zero-order chi connectivity index (χ0) is 12.9. The van der Waals surface area contributed by atoms with Crippen molar-refractivity contribution in [2.45, 2.75) is 36.2 Å². The molecule has 6 heteroatoms. The number of benzene rings is 1. The number of carbonyl (C=O) groups excluding carboxylic acids is 1. The summed E-state index contributed by atoms with van der Waals surface area (Å²) in [5.74, 6) is 0. The highest BCUT2D eigenvalue weighted by Gasteiger charge is 2.56. The highest BCUT2D eigenvalue weighted by Crippen LogP contribution is 2.43. The lowest BCUT2D eigenvalue weighted by Gasteiger charge is -2.08. The topological polar surface area (TPSA) is 54.2 Å². The van der Waals surface area contributed by atoms with Crippen LogP contribution >= 0.6 is 15.9 Å². The fourth-order valence-electron chi connectivity index (χ4n) is 2.66. The van der Waals surface area contributed by atoms with Crippen molar-refractivity contribution in [3.63, 3.8) is 0 Å². The molecule has 0 spiro atoms. The molecule has 0 radical (unpaired) electrons. The maximum absolute atomic E-state index is 12.1. The average Bonchev–Trinajstić information content (AvgIpc) is 2.81. The van der Waals surface area contributed by atoms with E-state index in [1.54, 1.807) is 12.1 Å². The van der Waals surface area contributed by atoms with Gasteiger partial charge < -0.3 is 4.90 Å². The number of piperidine rings is 1. The number of sulfone groups is 1. The maximum atomic E-state index is 12.1. The molecule has 1 amide bonds. The second-order valence-corrected chi connectivity index (χ2v) is 7.44. The molecular weight excluding hydrogens is 318 g/mol. The first kappa shape index (κ1) is 12.2. The average molecular weight is 330 g/mol. The van der Waals surface area contributed by atoms with Gasteiger partial charge in [0.2, 0.25) is 0 Å². The van der Waals surface area contributed by atoms with Gasteiger partial charge in [-0.1, -0.05) is 15.9 Å². The first-order valence-corrected chi connectivity index (χ1v) is 8.12. The predicted molar refractivity (Wildman–Crippen MR) is 70.0 cm³/mol. The van der Waals surface area contributed by atoms with Crippen molar-refractivity contribution >= 4 is 31.0 Å². The first-order valence-electron chi connectivity index (χ1n) is 5.85. The Labute approximate surface area is 114 Å². The molecule has 0 bridgehead atoms. The van der Waals surface area contributed by atoms with Crippen LogP contribution in [0.2, 0.25) is 0 Å². The molecule has 1 aliphatic heterocycles. The zero-order valence-electron chi connectivity index (χ0n) is 9.54. The third-order valence-corrected chi connectivity index (χ3v) is 5.73. The van der Waals surface area contributed by atoms with Crippen molar-refractivity contribution in [2.24, 2.45) is 0 Å². The minimum absolute atomic E-state index is 0.0701. The van der Waals surface area contributed by atoms with Gasteiger partial charge in [0.15, 0.2) is 0 Å². The molecule has 2 unspecified atom stereocenters. The molecule has 3 rings (SSSR count). The van der Waals surface area contributed by atoms with Crippen LogP contribution in [0.3, 0.4) is 0 Å². The molecule has 96 valence electrons. The lowest BCUT2D eigenvalue weighted by molar-refractivity contribution is 0.242. The van der Waals surface area contributed by atoms with Crippen molar-refractivity contribution in [3.8, 4) is 0 Å². The third kappa shape index (κ3) is 1.78. The van der Waals surface area contributed by atoms with Gasteiger partial charge in [0.25, 0.3) is 9.84 Å². The largest absolute Gasteiger partial charge is 0.344 e. The quantitative estimate of drug-likeness (QED) is 0.744. The van der Waals surface area contributed by atoms with E-state index in [1.165, 1.54) is 17.0 Å². The molecule has 18 heavy (non-hydrogen) atoms. The number of nitrogens with zero attached hydrogens (tertiary/aromatic N) is 1. The Hall–Kier alpha value is -0.880. The fourth-order valence-corrected chi connectivity index (χ4v) is 4.17. The second kappa shape index (κ2) is 4.06. The summed E-state index contributed by atoms with van der Waals surface area (Å²) in [6.07, 6.45) is 2.97. The van der Waals surface area contributed by atoms with Crippen LogP contribution in [0, 0.1) is 0 Å². The fraction of sp³-hybridized carbons (Fsp3) is 0.417. The molecule has 2 aliphatic rings. The van der Waals surface area contributed by atoms with E-state index in [1.807, 2.05) is 0 Å². The van der Waals surface area contributed by atoms with E-state index in [-0.39, 0.29) is 17.0 Å². The van der Waals surface area contributed by atoms with Crippen LogP contribution in [-0.2, 0) is 9.84 Å². The Morgan fingerprint density at radius 1 is 1.17 bits per heavy atom. The van der Waals surface area contributed by atoms with Crippen LogP contribution in [-0.4, -0.2) is 30.6 Å². The summed E-state index contributed by atoms with van der Waals surface area (Å²) in [5, 5.41) is -0.737. The number of amides is 1. The van der Waals surface area contributed by atoms with E-state index in [0.717, 1.165) is 23.7 Å². The number of hydrogen-bond donors (Lipinski definition) is 0. The molecule has 1 aliphatic carbocycles. The lowest BCUT2D eigenvalue weighted by Crippen LogP contribution is -2.24. The SMILES string of the molecule is O=C(N1C2CCCC21)S(=O)(=O)c1ccc(Br)cc1. The van der Waals surface area contributed by atoms with Crippen molar-refractivity contribution < 1.29 is 13.2 Å². The van der Waals surface area contributed by atoms with Crippen LogP contribution in [0.25, 0.3) is 0 Å². The Morgan fingerprint density at radius 2 is 1.72 bits per heavy atom. The Balaban J connectivity index is 1.86. The molecule has 2 atom stereocenters. The minimum Gasteiger partial charge on any atom is -0.319 e. The van der Waals surface area contributed by atoms with E-state index in [2.05, 4.69) is 15.9 Å². The molecule has 1 saturated carbocycles. The number of carbonyl (C=O) groups is 1. The Morgan fingerprint density at radius 3 is 2.28 bits per heavy atom. The predicted octanol–water partition coefficient (Wildman–Crippen LogP) is 2.58. The molecule has 0 aromatic heterocycles. The van der Waals surface area contributed by atoms with Gasteiger partial charge in [0, 0.05) is 4.47 Å². The van der Waals surface area contributed by atoms with E-state index < -0.39 is 15.1 Å². The summed E-state index contributed by atoms with van der Waals surface area (Å²) in [6.45, 7) is 0. The third-order valence-electron chi connectivity index (χ3n) is 3.63. The van der Waals surface area contributed by atoms with Gasteiger partial charge in [-0.2, -0.15) is 0 Å². The molecule has 0 N–H and O–H groups in total. The summed E-state index contributed by atoms with van der Waals surface area (Å²) in [6, 6.07) is 6.50. The van der Waals surface area contributed by atoms with Crippen LogP contribution in [0.5, 0.6) is 0 Å². The van der Waals surface area contributed by atoms with Gasteiger partial charge in [-0.3, -0.25) is 4.79 Å². The van der Waals surface area contributed by atoms with Crippen LogP contribution in [0.4, 0.5) is 4.79 Å². The van der Waals surface area contributed by atoms with Gasteiger partial charge in [0.1, 0.15) is 0 Å². The first-order chi connectivity index (χ1) is 8.51. The van der Waals surface area contributed by atoms with E-state index in [0.29, 0.717) is 0 Å². The number of rotatable bonds is 1. The van der Waals surface area contributed by atoms with Gasteiger partial charge in [-0.25, -0.2) is 8.42 Å². The van der Waals surface area contributed by atoms with Crippen molar-refractivity contribution in [1.82, 2.24) is 4.90 Å². The Bertz CT molecular complexity index is 586. The molecule has 1 saturated heterocycles. The molecule has 4 nitrogen and oxygen atoms in total. The van der Waals surface area contributed by atoms with Gasteiger partial charge >= 0.3 is 5.24 Å². The van der Waals surface area contributed by atoms with Crippen LogP contribution in [0.15, 0.2) is 33.6 Å². The molecule has 1 heterocycles. The smallest absolute Gasteiger partial charge is 0.319 e. The normalized spacial score (nSPS) is 25.9. The summed E-state index contributed by atoms with van der Waals surface area (Å²) >= 11 is 3.24.